The minimum Gasteiger partial charge on any atom is -0.383 e. The number of pyridine rings is 1. The maximum absolute atomic E-state index is 13.3. The van der Waals surface area contributed by atoms with Gasteiger partial charge in [0, 0.05) is 41.1 Å². The van der Waals surface area contributed by atoms with Crippen molar-refractivity contribution in [3.63, 3.8) is 0 Å². The Morgan fingerprint density at radius 3 is 2.39 bits per heavy atom. The van der Waals surface area contributed by atoms with Crippen LogP contribution in [-0.2, 0) is 11.6 Å². The van der Waals surface area contributed by atoms with E-state index in [0.717, 1.165) is 11.6 Å². The molecule has 3 aromatic rings. The molecule has 0 spiro atoms. The molecule has 1 aliphatic heterocycles. The molecular formula is C20H16ClF4N3. The number of nitrogens with zero attached hydrogens (tertiary/aromatic N) is 1. The van der Waals surface area contributed by atoms with Crippen LogP contribution in [0, 0.1) is 5.82 Å². The monoisotopic (exact) mass is 409 g/mol. The maximum atomic E-state index is 13.3. The van der Waals surface area contributed by atoms with Crippen LogP contribution in [0.5, 0.6) is 0 Å². The predicted molar refractivity (Wildman–Crippen MR) is 101 cm³/mol. The summed E-state index contributed by atoms with van der Waals surface area (Å²) in [4.78, 5) is 3.72. The largest absolute Gasteiger partial charge is 0.433 e. The first kappa shape index (κ1) is 19.0. The van der Waals surface area contributed by atoms with Crippen molar-refractivity contribution in [1.29, 1.82) is 0 Å². The van der Waals surface area contributed by atoms with Gasteiger partial charge in [0.1, 0.15) is 11.5 Å². The average Bonchev–Trinajstić information content (AvgIpc) is 2.61. The third kappa shape index (κ3) is 3.52. The van der Waals surface area contributed by atoms with Gasteiger partial charge in [0.25, 0.3) is 0 Å². The van der Waals surface area contributed by atoms with Gasteiger partial charge in [-0.25, -0.2) is 9.37 Å². The Kier molecular flexibility index (Phi) is 4.67. The van der Waals surface area contributed by atoms with Crippen molar-refractivity contribution in [3.05, 3.63) is 70.6 Å². The fourth-order valence-corrected chi connectivity index (χ4v) is 3.59. The summed E-state index contributed by atoms with van der Waals surface area (Å²) in [5.41, 5.74) is 0.151. The highest BCUT2D eigenvalue weighted by Crippen LogP contribution is 2.35. The third-order valence-corrected chi connectivity index (χ3v) is 5.30. The minimum absolute atomic E-state index is 0.212. The summed E-state index contributed by atoms with van der Waals surface area (Å²) in [5, 5.41) is 7.27. The maximum Gasteiger partial charge on any atom is 0.433 e. The van der Waals surface area contributed by atoms with Gasteiger partial charge in [0.2, 0.25) is 0 Å². The Bertz CT molecular complexity index is 1010. The van der Waals surface area contributed by atoms with E-state index < -0.39 is 11.9 Å². The molecule has 3 nitrogen and oxygen atoms in total. The Balaban J connectivity index is 1.70. The molecule has 146 valence electrons. The van der Waals surface area contributed by atoms with Crippen LogP contribution < -0.4 is 10.6 Å². The second-order valence-corrected chi connectivity index (χ2v) is 7.40. The number of aromatic nitrogens is 1. The zero-order chi connectivity index (χ0) is 19.9. The number of alkyl halides is 3. The number of anilines is 1. The molecule has 0 amide bonds. The summed E-state index contributed by atoms with van der Waals surface area (Å²) in [6, 6.07) is 11.8. The van der Waals surface area contributed by atoms with Crippen molar-refractivity contribution < 1.29 is 17.6 Å². The van der Waals surface area contributed by atoms with Gasteiger partial charge in [-0.2, -0.15) is 13.2 Å². The van der Waals surface area contributed by atoms with Crippen molar-refractivity contribution in [3.8, 4) is 0 Å². The van der Waals surface area contributed by atoms with Crippen LogP contribution in [0.1, 0.15) is 11.3 Å². The fourth-order valence-electron chi connectivity index (χ4n) is 3.42. The van der Waals surface area contributed by atoms with Crippen molar-refractivity contribution >= 4 is 28.2 Å². The van der Waals surface area contributed by atoms with E-state index in [1.165, 1.54) is 24.3 Å². The molecule has 4 rings (SSSR count). The lowest BCUT2D eigenvalue weighted by atomic mass is 9.75. The summed E-state index contributed by atoms with van der Waals surface area (Å²) in [6.45, 7) is 1.66. The number of hydrogen-bond donors (Lipinski definition) is 2. The van der Waals surface area contributed by atoms with Crippen molar-refractivity contribution in [2.24, 2.45) is 0 Å². The lowest BCUT2D eigenvalue weighted by Gasteiger charge is -2.43. The molecule has 0 radical (unpaired) electrons. The smallest absolute Gasteiger partial charge is 0.383 e. The van der Waals surface area contributed by atoms with E-state index in [1.54, 1.807) is 18.2 Å². The van der Waals surface area contributed by atoms with Gasteiger partial charge in [-0.05, 0) is 42.0 Å². The molecule has 0 saturated carbocycles. The molecule has 0 bridgehead atoms. The number of nitrogens with one attached hydrogen (secondary N) is 2. The Labute approximate surface area is 163 Å². The van der Waals surface area contributed by atoms with E-state index in [0.29, 0.717) is 35.7 Å². The van der Waals surface area contributed by atoms with E-state index in [2.05, 4.69) is 15.6 Å². The molecule has 2 N–H and O–H groups in total. The van der Waals surface area contributed by atoms with Gasteiger partial charge < -0.3 is 10.6 Å². The summed E-state index contributed by atoms with van der Waals surface area (Å²) in [7, 11) is 0. The highest BCUT2D eigenvalue weighted by Gasteiger charge is 2.39. The molecule has 2 heterocycles. The van der Waals surface area contributed by atoms with E-state index >= 15 is 0 Å². The molecule has 1 aliphatic rings. The van der Waals surface area contributed by atoms with Gasteiger partial charge in [-0.15, -0.1) is 0 Å². The Hall–Kier alpha value is -2.38. The normalized spacial score (nSPS) is 16.0. The van der Waals surface area contributed by atoms with E-state index in [1.807, 2.05) is 0 Å². The standard InChI is InChI=1S/C20H16ClF4N3/c21-13-3-6-16-15(7-13)17(8-18(28-16)20(23,24)25)27-11-19(9-26-10-19)12-1-4-14(22)5-2-12/h1-8,26H,9-11H2,(H,27,28). The fraction of sp³-hybridized carbons (Fsp3) is 0.250. The number of rotatable bonds is 4. The first-order valence-corrected chi connectivity index (χ1v) is 9.03. The topological polar surface area (TPSA) is 37.0 Å². The molecule has 0 unspecified atom stereocenters. The van der Waals surface area contributed by atoms with Crippen LogP contribution in [0.4, 0.5) is 23.2 Å². The molecule has 1 fully saturated rings. The van der Waals surface area contributed by atoms with Crippen molar-refractivity contribution in [1.82, 2.24) is 10.3 Å². The zero-order valence-electron chi connectivity index (χ0n) is 14.6. The number of hydrogen-bond acceptors (Lipinski definition) is 3. The molecule has 8 heteroatoms. The van der Waals surface area contributed by atoms with Gasteiger partial charge in [0.15, 0.2) is 0 Å². The Morgan fingerprint density at radius 1 is 1.07 bits per heavy atom. The number of halogens is 5. The van der Waals surface area contributed by atoms with Crippen LogP contribution in [0.3, 0.4) is 0 Å². The van der Waals surface area contributed by atoms with Crippen LogP contribution in [0.15, 0.2) is 48.5 Å². The highest BCUT2D eigenvalue weighted by molar-refractivity contribution is 6.31. The van der Waals surface area contributed by atoms with Gasteiger partial charge in [0.05, 0.1) is 5.52 Å². The van der Waals surface area contributed by atoms with Crippen LogP contribution in [0.2, 0.25) is 5.02 Å². The summed E-state index contributed by atoms with van der Waals surface area (Å²) >= 11 is 6.04. The first-order chi connectivity index (χ1) is 13.3. The molecule has 1 aromatic heterocycles. The molecule has 28 heavy (non-hydrogen) atoms. The molecule has 1 saturated heterocycles. The van der Waals surface area contributed by atoms with Gasteiger partial charge in [-0.1, -0.05) is 23.7 Å². The summed E-state index contributed by atoms with van der Waals surface area (Å²) in [5.74, 6) is -0.330. The molecule has 0 aliphatic carbocycles. The lowest BCUT2D eigenvalue weighted by Crippen LogP contribution is -2.60. The molecule has 0 atom stereocenters. The number of fused-ring (bicyclic) bond motifs is 1. The number of benzene rings is 2. The van der Waals surface area contributed by atoms with Gasteiger partial charge in [-0.3, -0.25) is 0 Å². The van der Waals surface area contributed by atoms with E-state index in [-0.39, 0.29) is 16.7 Å². The molecule has 2 aromatic carbocycles. The van der Waals surface area contributed by atoms with Crippen molar-refractivity contribution in [2.75, 3.05) is 25.0 Å². The SMILES string of the molecule is Fc1ccc(C2(CNc3cc(C(F)(F)F)nc4ccc(Cl)cc34)CNC2)cc1. The highest BCUT2D eigenvalue weighted by atomic mass is 35.5. The zero-order valence-corrected chi connectivity index (χ0v) is 15.3. The summed E-state index contributed by atoms with van der Waals surface area (Å²) in [6.07, 6.45) is -4.56. The van der Waals surface area contributed by atoms with Crippen LogP contribution in [0.25, 0.3) is 10.9 Å². The van der Waals surface area contributed by atoms with E-state index in [4.69, 9.17) is 11.6 Å². The van der Waals surface area contributed by atoms with Crippen LogP contribution in [-0.4, -0.2) is 24.6 Å². The minimum atomic E-state index is -4.56. The average molecular weight is 410 g/mol. The van der Waals surface area contributed by atoms with E-state index in [9.17, 15) is 17.6 Å². The van der Waals surface area contributed by atoms with Crippen LogP contribution >= 0.6 is 11.6 Å². The van der Waals surface area contributed by atoms with Gasteiger partial charge >= 0.3 is 6.18 Å². The lowest BCUT2D eigenvalue weighted by molar-refractivity contribution is -0.140. The predicted octanol–water partition coefficient (Wildman–Crippen LogP) is 5.00. The van der Waals surface area contributed by atoms with Crippen molar-refractivity contribution in [2.45, 2.75) is 11.6 Å². The Morgan fingerprint density at radius 2 is 1.79 bits per heavy atom. The second kappa shape index (κ2) is 6.90. The summed E-state index contributed by atoms with van der Waals surface area (Å²) < 4.78 is 53.1. The third-order valence-electron chi connectivity index (χ3n) is 5.06. The first-order valence-electron chi connectivity index (χ1n) is 8.65. The second-order valence-electron chi connectivity index (χ2n) is 6.96. The molecular weight excluding hydrogens is 394 g/mol. The quantitative estimate of drug-likeness (QED) is 0.595.